The summed E-state index contributed by atoms with van der Waals surface area (Å²) in [5, 5.41) is 7.34. The molecule has 0 spiro atoms. The van der Waals surface area contributed by atoms with E-state index in [0.29, 0.717) is 13.2 Å². The van der Waals surface area contributed by atoms with E-state index in [2.05, 4.69) is 16.3 Å². The highest BCUT2D eigenvalue weighted by Crippen LogP contribution is 1.97. The van der Waals surface area contributed by atoms with Gasteiger partial charge in [0.25, 0.3) is 0 Å². The maximum atomic E-state index is 5.21. The fourth-order valence-corrected chi connectivity index (χ4v) is 1.13. The molecule has 76 valence electrons. The van der Waals surface area contributed by atoms with Gasteiger partial charge in [0, 0.05) is 26.4 Å². The quantitative estimate of drug-likeness (QED) is 0.520. The highest BCUT2D eigenvalue weighted by atomic mass is 16.5. The molecule has 0 aliphatic carbocycles. The van der Waals surface area contributed by atoms with Crippen LogP contribution in [0.2, 0.25) is 0 Å². The van der Waals surface area contributed by atoms with E-state index in [1.807, 2.05) is 6.07 Å². The molecule has 1 N–H and O–H groups in total. The molecule has 0 amide bonds. The number of hydrogen-bond acceptors (Lipinski definition) is 3. The topological polar surface area (TPSA) is 39.1 Å². The lowest BCUT2D eigenvalue weighted by molar-refractivity contribution is 0.199. The summed E-state index contributed by atoms with van der Waals surface area (Å²) in [5.74, 6) is 2.56. The van der Waals surface area contributed by atoms with Gasteiger partial charge in [-0.2, -0.15) is 5.10 Å². The number of rotatable bonds is 6. The van der Waals surface area contributed by atoms with Gasteiger partial charge < -0.3 is 10.1 Å². The van der Waals surface area contributed by atoms with Crippen molar-refractivity contribution >= 4 is 0 Å². The Kier molecular flexibility index (Phi) is 4.76. The predicted molar refractivity (Wildman–Crippen MR) is 54.6 cm³/mol. The van der Waals surface area contributed by atoms with Crippen LogP contribution >= 0.6 is 0 Å². The van der Waals surface area contributed by atoms with E-state index < -0.39 is 0 Å². The summed E-state index contributed by atoms with van der Waals surface area (Å²) >= 11 is 0. The van der Waals surface area contributed by atoms with Gasteiger partial charge in [-0.1, -0.05) is 5.92 Å². The van der Waals surface area contributed by atoms with Gasteiger partial charge in [0.05, 0.1) is 12.3 Å². The van der Waals surface area contributed by atoms with Crippen molar-refractivity contribution in [2.24, 2.45) is 0 Å². The fraction of sp³-hybridized carbons (Fsp3) is 0.500. The first-order valence-electron chi connectivity index (χ1n) is 4.52. The standard InChI is InChI=1S/C10H15N3O/c1-3-7-13-10(4-5-12-13)9-11-6-8-14-2/h1,4-5,11H,6-9H2,2H3. The molecule has 1 aromatic heterocycles. The lowest BCUT2D eigenvalue weighted by Crippen LogP contribution is -2.20. The molecule has 0 atom stereocenters. The first kappa shape index (κ1) is 10.8. The molecule has 1 heterocycles. The molecule has 0 saturated heterocycles. The Morgan fingerprint density at radius 2 is 2.57 bits per heavy atom. The molecule has 0 unspecified atom stereocenters. The zero-order valence-electron chi connectivity index (χ0n) is 8.36. The fourth-order valence-electron chi connectivity index (χ4n) is 1.13. The van der Waals surface area contributed by atoms with Gasteiger partial charge in [0.15, 0.2) is 0 Å². The molecule has 14 heavy (non-hydrogen) atoms. The molecule has 0 aliphatic heterocycles. The number of methoxy groups -OCH3 is 1. The average Bonchev–Trinajstić information content (AvgIpc) is 2.61. The largest absolute Gasteiger partial charge is 0.383 e. The van der Waals surface area contributed by atoms with Gasteiger partial charge in [-0.25, -0.2) is 0 Å². The van der Waals surface area contributed by atoms with Crippen LogP contribution in [0.25, 0.3) is 0 Å². The maximum absolute atomic E-state index is 5.21. The van der Waals surface area contributed by atoms with Gasteiger partial charge in [0.2, 0.25) is 0 Å². The zero-order valence-corrected chi connectivity index (χ0v) is 8.36. The Labute approximate surface area is 84.3 Å². The Hall–Kier alpha value is -1.31. The van der Waals surface area contributed by atoms with Crippen LogP contribution in [-0.2, 0) is 17.8 Å². The van der Waals surface area contributed by atoms with E-state index in [4.69, 9.17) is 11.2 Å². The van der Waals surface area contributed by atoms with Crippen molar-refractivity contribution in [3.8, 4) is 12.3 Å². The zero-order chi connectivity index (χ0) is 10.2. The third kappa shape index (κ3) is 3.21. The Morgan fingerprint density at radius 3 is 3.29 bits per heavy atom. The minimum Gasteiger partial charge on any atom is -0.383 e. The first-order chi connectivity index (χ1) is 6.88. The second-order valence-electron chi connectivity index (χ2n) is 2.85. The van der Waals surface area contributed by atoms with E-state index in [1.54, 1.807) is 18.0 Å². The van der Waals surface area contributed by atoms with Crippen molar-refractivity contribution < 1.29 is 4.74 Å². The monoisotopic (exact) mass is 193 g/mol. The van der Waals surface area contributed by atoms with Crippen LogP contribution in [0.1, 0.15) is 5.69 Å². The van der Waals surface area contributed by atoms with Crippen molar-refractivity contribution in [2.75, 3.05) is 20.3 Å². The second-order valence-corrected chi connectivity index (χ2v) is 2.85. The van der Waals surface area contributed by atoms with Gasteiger partial charge in [-0.15, -0.1) is 6.42 Å². The molecule has 0 aliphatic rings. The summed E-state index contributed by atoms with van der Waals surface area (Å²) in [5.41, 5.74) is 1.10. The molecule has 1 rings (SSSR count). The summed E-state index contributed by atoms with van der Waals surface area (Å²) in [6, 6.07) is 1.96. The molecule has 4 heteroatoms. The predicted octanol–water partition coefficient (Wildman–Crippen LogP) is 0.252. The number of terminal acetylenes is 1. The molecule has 4 nitrogen and oxygen atoms in total. The van der Waals surface area contributed by atoms with Crippen LogP contribution in [0.3, 0.4) is 0 Å². The SMILES string of the molecule is C#CCn1nccc1CNCCOC. The highest BCUT2D eigenvalue weighted by molar-refractivity contribution is 5.02. The molecule has 0 radical (unpaired) electrons. The number of ether oxygens (including phenoxy) is 1. The van der Waals surface area contributed by atoms with Gasteiger partial charge in [0.1, 0.15) is 6.54 Å². The summed E-state index contributed by atoms with van der Waals surface area (Å²) in [6.07, 6.45) is 6.97. The third-order valence-electron chi connectivity index (χ3n) is 1.83. The van der Waals surface area contributed by atoms with Crippen LogP contribution in [-0.4, -0.2) is 30.0 Å². The Bertz CT molecular complexity index is 301. The van der Waals surface area contributed by atoms with Crippen molar-refractivity contribution in [1.29, 1.82) is 0 Å². The van der Waals surface area contributed by atoms with Crippen LogP contribution in [0.4, 0.5) is 0 Å². The molecule has 0 saturated carbocycles. The Balaban J connectivity index is 2.35. The van der Waals surface area contributed by atoms with E-state index in [0.717, 1.165) is 18.8 Å². The molecule has 0 aromatic carbocycles. The third-order valence-corrected chi connectivity index (χ3v) is 1.83. The van der Waals surface area contributed by atoms with Gasteiger partial charge in [-0.05, 0) is 6.07 Å². The molecule has 0 bridgehead atoms. The summed E-state index contributed by atoms with van der Waals surface area (Å²) in [6.45, 7) is 2.83. The molecule has 1 aromatic rings. The van der Waals surface area contributed by atoms with Crippen LogP contribution in [0.15, 0.2) is 12.3 Å². The van der Waals surface area contributed by atoms with Gasteiger partial charge >= 0.3 is 0 Å². The van der Waals surface area contributed by atoms with Crippen molar-refractivity contribution in [2.45, 2.75) is 13.1 Å². The summed E-state index contributed by atoms with van der Waals surface area (Å²) < 4.78 is 6.73. The molecular formula is C10H15N3O. The summed E-state index contributed by atoms with van der Waals surface area (Å²) in [4.78, 5) is 0. The minimum atomic E-state index is 0.522. The number of aromatic nitrogens is 2. The van der Waals surface area contributed by atoms with Gasteiger partial charge in [-0.3, -0.25) is 4.68 Å². The normalized spacial score (nSPS) is 10.0. The number of hydrogen-bond donors (Lipinski definition) is 1. The van der Waals surface area contributed by atoms with Crippen LogP contribution in [0.5, 0.6) is 0 Å². The van der Waals surface area contributed by atoms with Crippen molar-refractivity contribution in [1.82, 2.24) is 15.1 Å². The van der Waals surface area contributed by atoms with E-state index >= 15 is 0 Å². The number of nitrogens with zero attached hydrogens (tertiary/aromatic N) is 2. The second kappa shape index (κ2) is 6.19. The van der Waals surface area contributed by atoms with Crippen molar-refractivity contribution in [3.05, 3.63) is 18.0 Å². The molecular weight excluding hydrogens is 178 g/mol. The van der Waals surface area contributed by atoms with E-state index in [1.165, 1.54) is 0 Å². The van der Waals surface area contributed by atoms with Crippen molar-refractivity contribution in [3.63, 3.8) is 0 Å². The summed E-state index contributed by atoms with van der Waals surface area (Å²) in [7, 11) is 1.68. The molecule has 0 fully saturated rings. The lowest BCUT2D eigenvalue weighted by Gasteiger charge is -2.05. The minimum absolute atomic E-state index is 0.522. The highest BCUT2D eigenvalue weighted by Gasteiger charge is 1.99. The average molecular weight is 193 g/mol. The van der Waals surface area contributed by atoms with Crippen LogP contribution in [0, 0.1) is 12.3 Å². The van der Waals surface area contributed by atoms with Crippen LogP contribution < -0.4 is 5.32 Å². The lowest BCUT2D eigenvalue weighted by atomic mass is 10.4. The number of nitrogens with one attached hydrogen (secondary N) is 1. The van der Waals surface area contributed by atoms with E-state index in [9.17, 15) is 0 Å². The maximum Gasteiger partial charge on any atom is 0.102 e. The van der Waals surface area contributed by atoms with E-state index in [-0.39, 0.29) is 0 Å². The Morgan fingerprint density at radius 1 is 1.71 bits per heavy atom. The smallest absolute Gasteiger partial charge is 0.102 e. The first-order valence-corrected chi connectivity index (χ1v) is 4.52.